The van der Waals surface area contributed by atoms with Crippen molar-refractivity contribution in [2.75, 3.05) is 0 Å². The molecule has 0 saturated heterocycles. The van der Waals surface area contributed by atoms with Gasteiger partial charge in [-0.3, -0.25) is 0 Å². The van der Waals surface area contributed by atoms with E-state index in [4.69, 9.17) is 0 Å². The average Bonchev–Trinajstić information content (AvgIpc) is 2.76. The number of hydrogen-bond donors (Lipinski definition) is 2. The monoisotopic (exact) mass is 402 g/mol. The van der Waals surface area contributed by atoms with E-state index in [1.54, 1.807) is 24.3 Å². The highest BCUT2D eigenvalue weighted by atomic mass is 16.4. The Morgan fingerprint density at radius 1 is 0.700 bits per heavy atom. The molecule has 0 unspecified atom stereocenters. The molecule has 0 saturated carbocycles. The predicted molar refractivity (Wildman–Crippen MR) is 119 cm³/mol. The zero-order valence-electron chi connectivity index (χ0n) is 17.3. The Balaban J connectivity index is 2.46. The van der Waals surface area contributed by atoms with E-state index in [1.807, 2.05) is 37.3 Å². The first kappa shape index (κ1) is 21.3. The standard InChI is InChI=1S/C26H26O4/c1-3-5-10-18-16-15-17(4-2)23(19-11-6-8-13-21(19)25(27)28)24(18)20-12-7-9-14-22(20)26(29)30/h6-9,11-16H,3-5,10H2,1-2H3,(H,27,28)(H,29,30). The Labute approximate surface area is 176 Å². The molecule has 4 nitrogen and oxygen atoms in total. The van der Waals surface area contributed by atoms with Crippen molar-refractivity contribution in [2.24, 2.45) is 0 Å². The first-order valence-electron chi connectivity index (χ1n) is 10.3. The molecule has 4 heteroatoms. The molecular formula is C26H26O4. The summed E-state index contributed by atoms with van der Waals surface area (Å²) in [5, 5.41) is 19.6. The number of rotatable bonds is 8. The van der Waals surface area contributed by atoms with Gasteiger partial charge in [-0.1, -0.05) is 68.8 Å². The number of aromatic carboxylic acids is 2. The molecule has 0 aromatic heterocycles. The molecule has 0 bridgehead atoms. The lowest BCUT2D eigenvalue weighted by Crippen LogP contribution is -2.06. The number of aryl methyl sites for hydroxylation is 2. The molecule has 0 aliphatic rings. The molecule has 0 fully saturated rings. The number of hydrogen-bond acceptors (Lipinski definition) is 2. The maximum absolute atomic E-state index is 12.0. The quantitative estimate of drug-likeness (QED) is 0.462. The highest BCUT2D eigenvalue weighted by molar-refractivity contribution is 6.04. The van der Waals surface area contributed by atoms with Gasteiger partial charge in [-0.15, -0.1) is 0 Å². The van der Waals surface area contributed by atoms with Crippen LogP contribution in [0.1, 0.15) is 58.5 Å². The summed E-state index contributed by atoms with van der Waals surface area (Å²) in [6, 6.07) is 18.0. The first-order valence-corrected chi connectivity index (χ1v) is 10.3. The van der Waals surface area contributed by atoms with Gasteiger partial charge in [-0.05, 0) is 64.8 Å². The molecule has 0 amide bonds. The summed E-state index contributed by atoms with van der Waals surface area (Å²) < 4.78 is 0. The molecular weight excluding hydrogens is 376 g/mol. The summed E-state index contributed by atoms with van der Waals surface area (Å²) >= 11 is 0. The summed E-state index contributed by atoms with van der Waals surface area (Å²) in [4.78, 5) is 24.0. The number of carboxylic acids is 2. The van der Waals surface area contributed by atoms with E-state index in [0.717, 1.165) is 41.5 Å². The molecule has 0 heterocycles. The number of benzene rings is 3. The van der Waals surface area contributed by atoms with Crippen molar-refractivity contribution in [3.05, 3.63) is 82.9 Å². The third kappa shape index (κ3) is 4.13. The van der Waals surface area contributed by atoms with E-state index in [2.05, 4.69) is 13.0 Å². The molecule has 154 valence electrons. The lowest BCUT2D eigenvalue weighted by atomic mass is 9.82. The fourth-order valence-electron chi connectivity index (χ4n) is 3.95. The molecule has 0 atom stereocenters. The molecule has 30 heavy (non-hydrogen) atoms. The van der Waals surface area contributed by atoms with Crippen LogP contribution in [0.4, 0.5) is 0 Å². The van der Waals surface area contributed by atoms with Crippen LogP contribution in [0, 0.1) is 0 Å². The van der Waals surface area contributed by atoms with E-state index >= 15 is 0 Å². The smallest absolute Gasteiger partial charge is 0.336 e. The fraction of sp³-hybridized carbons (Fsp3) is 0.231. The fourth-order valence-corrected chi connectivity index (χ4v) is 3.95. The zero-order chi connectivity index (χ0) is 21.7. The van der Waals surface area contributed by atoms with Crippen molar-refractivity contribution in [1.29, 1.82) is 0 Å². The second kappa shape index (κ2) is 9.40. The van der Waals surface area contributed by atoms with Crippen molar-refractivity contribution in [2.45, 2.75) is 39.5 Å². The lowest BCUT2D eigenvalue weighted by molar-refractivity contribution is 0.0686. The van der Waals surface area contributed by atoms with E-state index in [1.165, 1.54) is 0 Å². The molecule has 0 radical (unpaired) electrons. The van der Waals surface area contributed by atoms with Gasteiger partial charge < -0.3 is 10.2 Å². The summed E-state index contributed by atoms with van der Waals surface area (Å²) in [5.41, 5.74) is 5.37. The minimum Gasteiger partial charge on any atom is -0.478 e. The van der Waals surface area contributed by atoms with Gasteiger partial charge in [0.2, 0.25) is 0 Å². The van der Waals surface area contributed by atoms with Gasteiger partial charge in [-0.2, -0.15) is 0 Å². The van der Waals surface area contributed by atoms with Crippen molar-refractivity contribution < 1.29 is 19.8 Å². The van der Waals surface area contributed by atoms with E-state index in [-0.39, 0.29) is 11.1 Å². The number of unbranched alkanes of at least 4 members (excludes halogenated alkanes) is 1. The minimum atomic E-state index is -0.996. The SMILES string of the molecule is CCCCc1ccc(CC)c(-c2ccccc2C(=O)O)c1-c1ccccc1C(=O)O. The number of carboxylic acid groups (broad SMARTS) is 2. The third-order valence-electron chi connectivity index (χ3n) is 5.41. The second-order valence-corrected chi connectivity index (χ2v) is 7.29. The summed E-state index contributed by atoms with van der Waals surface area (Å²) in [5.74, 6) is -1.99. The minimum absolute atomic E-state index is 0.217. The van der Waals surface area contributed by atoms with Crippen LogP contribution in [0.5, 0.6) is 0 Å². The third-order valence-corrected chi connectivity index (χ3v) is 5.41. The Morgan fingerprint density at radius 2 is 1.17 bits per heavy atom. The molecule has 2 N–H and O–H groups in total. The van der Waals surface area contributed by atoms with E-state index < -0.39 is 11.9 Å². The van der Waals surface area contributed by atoms with Gasteiger partial charge in [-0.25, -0.2) is 9.59 Å². The highest BCUT2D eigenvalue weighted by Gasteiger charge is 2.23. The molecule has 0 spiro atoms. The Hall–Kier alpha value is -3.40. The Kier molecular flexibility index (Phi) is 6.68. The molecule has 0 aliphatic heterocycles. The van der Waals surface area contributed by atoms with Crippen LogP contribution in [0.3, 0.4) is 0 Å². The molecule has 3 rings (SSSR count). The van der Waals surface area contributed by atoms with Crippen LogP contribution in [-0.4, -0.2) is 22.2 Å². The summed E-state index contributed by atoms with van der Waals surface area (Å²) in [6.45, 7) is 4.15. The molecule has 3 aromatic rings. The van der Waals surface area contributed by atoms with Crippen LogP contribution >= 0.6 is 0 Å². The van der Waals surface area contributed by atoms with Gasteiger partial charge >= 0.3 is 11.9 Å². The summed E-state index contributed by atoms with van der Waals surface area (Å²) in [6.07, 6.45) is 3.48. The van der Waals surface area contributed by atoms with Crippen LogP contribution in [-0.2, 0) is 12.8 Å². The van der Waals surface area contributed by atoms with Crippen molar-refractivity contribution >= 4 is 11.9 Å². The van der Waals surface area contributed by atoms with Gasteiger partial charge in [0, 0.05) is 0 Å². The molecule has 0 aliphatic carbocycles. The van der Waals surface area contributed by atoms with Crippen molar-refractivity contribution in [1.82, 2.24) is 0 Å². The van der Waals surface area contributed by atoms with E-state index in [9.17, 15) is 19.8 Å². The summed E-state index contributed by atoms with van der Waals surface area (Å²) in [7, 11) is 0. The Morgan fingerprint density at radius 3 is 1.63 bits per heavy atom. The van der Waals surface area contributed by atoms with Crippen LogP contribution in [0.25, 0.3) is 22.3 Å². The van der Waals surface area contributed by atoms with Gasteiger partial charge in [0.1, 0.15) is 0 Å². The van der Waals surface area contributed by atoms with Crippen molar-refractivity contribution in [3.8, 4) is 22.3 Å². The van der Waals surface area contributed by atoms with Gasteiger partial charge in [0.25, 0.3) is 0 Å². The van der Waals surface area contributed by atoms with Gasteiger partial charge in [0.15, 0.2) is 0 Å². The molecule has 3 aromatic carbocycles. The predicted octanol–water partition coefficient (Wildman–Crippen LogP) is 6.32. The topological polar surface area (TPSA) is 74.6 Å². The maximum Gasteiger partial charge on any atom is 0.336 e. The zero-order valence-corrected chi connectivity index (χ0v) is 17.3. The number of carbonyl (C=O) groups is 2. The highest BCUT2D eigenvalue weighted by Crippen LogP contribution is 2.41. The average molecular weight is 402 g/mol. The first-order chi connectivity index (χ1) is 14.5. The van der Waals surface area contributed by atoms with Crippen LogP contribution < -0.4 is 0 Å². The largest absolute Gasteiger partial charge is 0.478 e. The van der Waals surface area contributed by atoms with E-state index in [0.29, 0.717) is 17.5 Å². The van der Waals surface area contributed by atoms with Crippen LogP contribution in [0.15, 0.2) is 60.7 Å². The Bertz CT molecular complexity index is 1080. The van der Waals surface area contributed by atoms with Crippen LogP contribution in [0.2, 0.25) is 0 Å². The maximum atomic E-state index is 12.0. The van der Waals surface area contributed by atoms with Gasteiger partial charge in [0.05, 0.1) is 11.1 Å². The van der Waals surface area contributed by atoms with Crippen molar-refractivity contribution in [3.63, 3.8) is 0 Å². The second-order valence-electron chi connectivity index (χ2n) is 7.29. The lowest BCUT2D eigenvalue weighted by Gasteiger charge is -2.21. The normalized spacial score (nSPS) is 10.7.